The van der Waals surface area contributed by atoms with E-state index in [1.54, 1.807) is 4.90 Å². The maximum Gasteiger partial charge on any atom is 0.276 e. The number of aromatic amines is 1. The van der Waals surface area contributed by atoms with Crippen molar-refractivity contribution < 1.29 is 4.79 Å². The number of nitrogens with zero attached hydrogens (tertiary/aromatic N) is 3. The number of H-pyrrole nitrogens is 1. The van der Waals surface area contributed by atoms with Crippen molar-refractivity contribution in [3.05, 3.63) is 11.9 Å². The molecule has 0 bridgehead atoms. The van der Waals surface area contributed by atoms with Gasteiger partial charge in [-0.25, -0.2) is 0 Å². The number of carbonyl (C=O) groups is 1. The van der Waals surface area contributed by atoms with Crippen LogP contribution in [0.15, 0.2) is 6.20 Å². The Hall–Kier alpha value is -1.10. The number of aromatic nitrogens is 3. The van der Waals surface area contributed by atoms with E-state index in [0.29, 0.717) is 17.5 Å². The lowest BCUT2D eigenvalue weighted by molar-refractivity contribution is 0.0679. The number of amides is 1. The van der Waals surface area contributed by atoms with Crippen molar-refractivity contribution in [3.63, 3.8) is 0 Å². The Kier molecular flexibility index (Phi) is 3.20. The molecular weight excluding hydrogens is 216 g/mol. The quantitative estimate of drug-likeness (QED) is 0.765. The Labute approximate surface area is 92.8 Å². The minimum absolute atomic E-state index is 0.0569. The third-order valence-corrected chi connectivity index (χ3v) is 3.09. The zero-order chi connectivity index (χ0) is 10.7. The lowest BCUT2D eigenvalue weighted by Crippen LogP contribution is -2.40. The van der Waals surface area contributed by atoms with Gasteiger partial charge in [0.1, 0.15) is 0 Å². The van der Waals surface area contributed by atoms with Gasteiger partial charge in [-0.3, -0.25) is 4.79 Å². The zero-order valence-electron chi connectivity index (χ0n) is 8.32. The first-order valence-electron chi connectivity index (χ1n) is 5.02. The largest absolute Gasteiger partial charge is 0.337 e. The Morgan fingerprint density at radius 1 is 1.73 bits per heavy atom. The van der Waals surface area contributed by atoms with E-state index in [1.807, 2.05) is 0 Å². The number of rotatable bonds is 2. The van der Waals surface area contributed by atoms with Gasteiger partial charge in [-0.05, 0) is 18.8 Å². The highest BCUT2D eigenvalue weighted by atomic mass is 35.5. The molecule has 6 heteroatoms. The summed E-state index contributed by atoms with van der Waals surface area (Å²) in [5.74, 6) is 0.970. The molecule has 0 spiro atoms. The van der Waals surface area contributed by atoms with Crippen LogP contribution in [0.1, 0.15) is 23.3 Å². The molecule has 1 aliphatic rings. The zero-order valence-corrected chi connectivity index (χ0v) is 9.07. The maximum absolute atomic E-state index is 11.9. The standard InChI is InChI=1S/C9H13ClN4O/c10-4-7-2-1-3-14(6-7)9(15)8-5-11-13-12-8/h5,7H,1-4,6H2,(H,11,12,13). The second-order valence-corrected chi connectivity index (χ2v) is 4.08. The highest BCUT2D eigenvalue weighted by Gasteiger charge is 2.24. The number of carbonyl (C=O) groups excluding carboxylic acids is 1. The molecule has 0 saturated carbocycles. The van der Waals surface area contributed by atoms with Gasteiger partial charge in [-0.1, -0.05) is 0 Å². The molecule has 1 saturated heterocycles. The molecule has 1 aromatic rings. The van der Waals surface area contributed by atoms with Gasteiger partial charge >= 0.3 is 0 Å². The van der Waals surface area contributed by atoms with Crippen LogP contribution in [0, 0.1) is 5.92 Å². The number of hydrogen-bond donors (Lipinski definition) is 1. The van der Waals surface area contributed by atoms with Crippen LogP contribution in [-0.4, -0.2) is 45.2 Å². The topological polar surface area (TPSA) is 61.9 Å². The summed E-state index contributed by atoms with van der Waals surface area (Å²) in [6.45, 7) is 1.52. The molecule has 0 aliphatic carbocycles. The first-order valence-corrected chi connectivity index (χ1v) is 5.55. The van der Waals surface area contributed by atoms with E-state index < -0.39 is 0 Å². The van der Waals surface area contributed by atoms with Crippen molar-refractivity contribution in [1.29, 1.82) is 0 Å². The third kappa shape index (κ3) is 2.28. The molecule has 1 aromatic heterocycles. The van der Waals surface area contributed by atoms with Gasteiger partial charge in [0.2, 0.25) is 0 Å². The number of piperidine rings is 1. The van der Waals surface area contributed by atoms with Crippen LogP contribution in [-0.2, 0) is 0 Å². The van der Waals surface area contributed by atoms with Crippen molar-refractivity contribution in [3.8, 4) is 0 Å². The van der Waals surface area contributed by atoms with Gasteiger partial charge in [0.05, 0.1) is 6.20 Å². The smallest absolute Gasteiger partial charge is 0.276 e. The summed E-state index contributed by atoms with van der Waals surface area (Å²) in [6.07, 6.45) is 3.57. The molecule has 5 nitrogen and oxygen atoms in total. The summed E-state index contributed by atoms with van der Waals surface area (Å²) >= 11 is 5.80. The van der Waals surface area contributed by atoms with Crippen LogP contribution in [0.3, 0.4) is 0 Å². The van der Waals surface area contributed by atoms with Crippen LogP contribution in [0.5, 0.6) is 0 Å². The second-order valence-electron chi connectivity index (χ2n) is 3.77. The Balaban J connectivity index is 2.01. The molecule has 1 aliphatic heterocycles. The van der Waals surface area contributed by atoms with E-state index in [4.69, 9.17) is 11.6 Å². The fourth-order valence-electron chi connectivity index (χ4n) is 1.84. The molecule has 1 atom stereocenters. The molecule has 1 N–H and O–H groups in total. The second kappa shape index (κ2) is 4.61. The molecule has 0 radical (unpaired) electrons. The van der Waals surface area contributed by atoms with E-state index in [0.717, 1.165) is 25.9 Å². The van der Waals surface area contributed by atoms with Gasteiger partial charge in [-0.2, -0.15) is 15.4 Å². The van der Waals surface area contributed by atoms with Crippen molar-refractivity contribution >= 4 is 17.5 Å². The lowest BCUT2D eigenvalue weighted by Gasteiger charge is -2.31. The predicted octanol–water partition coefficient (Wildman–Crippen LogP) is 0.896. The first-order chi connectivity index (χ1) is 7.31. The highest BCUT2D eigenvalue weighted by molar-refractivity contribution is 6.18. The monoisotopic (exact) mass is 228 g/mol. The molecule has 1 fully saturated rings. The molecule has 2 heterocycles. The number of nitrogens with one attached hydrogen (secondary N) is 1. The van der Waals surface area contributed by atoms with Crippen LogP contribution in [0.25, 0.3) is 0 Å². The molecule has 0 aromatic carbocycles. The van der Waals surface area contributed by atoms with E-state index in [-0.39, 0.29) is 5.91 Å². The van der Waals surface area contributed by atoms with Crippen LogP contribution < -0.4 is 0 Å². The van der Waals surface area contributed by atoms with Gasteiger partial charge in [-0.15, -0.1) is 11.6 Å². The van der Waals surface area contributed by atoms with Gasteiger partial charge in [0, 0.05) is 19.0 Å². The van der Waals surface area contributed by atoms with Crippen LogP contribution in [0.4, 0.5) is 0 Å². The minimum Gasteiger partial charge on any atom is -0.337 e. The van der Waals surface area contributed by atoms with Crippen LogP contribution >= 0.6 is 11.6 Å². The third-order valence-electron chi connectivity index (χ3n) is 2.66. The number of hydrogen-bond acceptors (Lipinski definition) is 3. The highest BCUT2D eigenvalue weighted by Crippen LogP contribution is 2.18. The van der Waals surface area contributed by atoms with Crippen molar-refractivity contribution in [1.82, 2.24) is 20.3 Å². The summed E-state index contributed by atoms with van der Waals surface area (Å²) in [5.41, 5.74) is 0.380. The fourth-order valence-corrected chi connectivity index (χ4v) is 2.09. The van der Waals surface area contributed by atoms with E-state index in [9.17, 15) is 4.79 Å². The maximum atomic E-state index is 11.9. The Morgan fingerprint density at radius 2 is 2.60 bits per heavy atom. The first kappa shape index (κ1) is 10.4. The predicted molar refractivity (Wildman–Crippen MR) is 55.7 cm³/mol. The molecular formula is C9H13ClN4O. The van der Waals surface area contributed by atoms with Crippen molar-refractivity contribution in [2.45, 2.75) is 12.8 Å². The van der Waals surface area contributed by atoms with E-state index >= 15 is 0 Å². The van der Waals surface area contributed by atoms with Crippen molar-refractivity contribution in [2.24, 2.45) is 5.92 Å². The van der Waals surface area contributed by atoms with Gasteiger partial charge < -0.3 is 4.90 Å². The summed E-state index contributed by atoms with van der Waals surface area (Å²) in [6, 6.07) is 0. The van der Waals surface area contributed by atoms with Gasteiger partial charge in [0.25, 0.3) is 5.91 Å². The summed E-state index contributed by atoms with van der Waals surface area (Å²) < 4.78 is 0. The van der Waals surface area contributed by atoms with E-state index in [1.165, 1.54) is 6.20 Å². The molecule has 1 unspecified atom stereocenters. The normalized spacial score (nSPS) is 21.7. The minimum atomic E-state index is -0.0569. The SMILES string of the molecule is O=C(c1cn[nH]n1)N1CCCC(CCl)C1. The summed E-state index contributed by atoms with van der Waals surface area (Å²) in [5, 5.41) is 9.85. The van der Waals surface area contributed by atoms with Crippen LogP contribution in [0.2, 0.25) is 0 Å². The Morgan fingerprint density at radius 3 is 3.27 bits per heavy atom. The lowest BCUT2D eigenvalue weighted by atomic mass is 10.00. The van der Waals surface area contributed by atoms with Gasteiger partial charge in [0.15, 0.2) is 5.69 Å². The van der Waals surface area contributed by atoms with E-state index in [2.05, 4.69) is 15.4 Å². The molecule has 2 rings (SSSR count). The summed E-state index contributed by atoms with van der Waals surface area (Å²) in [7, 11) is 0. The Bertz CT molecular complexity index is 327. The average molecular weight is 229 g/mol. The number of halogens is 1. The van der Waals surface area contributed by atoms with Crippen molar-refractivity contribution in [2.75, 3.05) is 19.0 Å². The number of likely N-dealkylation sites (tertiary alicyclic amines) is 1. The average Bonchev–Trinajstić information content (AvgIpc) is 2.81. The molecule has 82 valence electrons. The summed E-state index contributed by atoms with van der Waals surface area (Å²) in [4.78, 5) is 13.7. The molecule has 1 amide bonds. The number of alkyl halides is 1. The fraction of sp³-hybridized carbons (Fsp3) is 0.667. The molecule has 15 heavy (non-hydrogen) atoms.